The Balaban J connectivity index is 2.73. The van der Waals surface area contributed by atoms with Crippen molar-refractivity contribution in [2.75, 3.05) is 0 Å². The number of aryl methyl sites for hydroxylation is 1. The molecular weight excluding hydrogens is 162 g/mol. The van der Waals surface area contributed by atoms with Gasteiger partial charge in [-0.1, -0.05) is 12.1 Å². The Morgan fingerprint density at radius 2 is 2.15 bits per heavy atom. The highest BCUT2D eigenvalue weighted by atomic mass is 15.1. The zero-order valence-electron chi connectivity index (χ0n) is 7.70. The predicted octanol–water partition coefficient (Wildman–Crippen LogP) is 1.51. The lowest BCUT2D eigenvalue weighted by Crippen LogP contribution is -2.06. The number of rotatable bonds is 2. The van der Waals surface area contributed by atoms with E-state index in [1.807, 2.05) is 18.2 Å². The fourth-order valence-corrected chi connectivity index (χ4v) is 1.63. The monoisotopic (exact) mass is 175 g/mol. The highest BCUT2D eigenvalue weighted by Crippen LogP contribution is 2.14. The first kappa shape index (κ1) is 8.26. The minimum Gasteiger partial charge on any atom is -0.327 e. The van der Waals surface area contributed by atoms with Crippen molar-refractivity contribution in [2.45, 2.75) is 20.0 Å². The fraction of sp³-hybridized carbons (Fsp3) is 0.300. The highest BCUT2D eigenvalue weighted by Gasteiger charge is 2.05. The van der Waals surface area contributed by atoms with Crippen molar-refractivity contribution >= 4 is 11.0 Å². The molecule has 3 heteroatoms. The van der Waals surface area contributed by atoms with Gasteiger partial charge in [0.15, 0.2) is 0 Å². The fourth-order valence-electron chi connectivity index (χ4n) is 1.63. The Bertz CT molecular complexity index is 417. The molecule has 0 radical (unpaired) electrons. The number of imidazole rings is 1. The lowest BCUT2D eigenvalue weighted by molar-refractivity contribution is 0.718. The summed E-state index contributed by atoms with van der Waals surface area (Å²) >= 11 is 0. The SMILES string of the molecule is CCn1c(CN)nc2ccccc21. The van der Waals surface area contributed by atoms with Gasteiger partial charge in [-0.05, 0) is 19.1 Å². The largest absolute Gasteiger partial charge is 0.327 e. The van der Waals surface area contributed by atoms with Crippen LogP contribution in [0.3, 0.4) is 0 Å². The number of benzene rings is 1. The van der Waals surface area contributed by atoms with E-state index < -0.39 is 0 Å². The lowest BCUT2D eigenvalue weighted by atomic mass is 10.3. The maximum atomic E-state index is 5.61. The van der Waals surface area contributed by atoms with E-state index in [9.17, 15) is 0 Å². The number of aromatic nitrogens is 2. The quantitative estimate of drug-likeness (QED) is 0.752. The smallest absolute Gasteiger partial charge is 0.123 e. The summed E-state index contributed by atoms with van der Waals surface area (Å²) in [6, 6.07) is 8.11. The summed E-state index contributed by atoms with van der Waals surface area (Å²) < 4.78 is 2.15. The van der Waals surface area contributed by atoms with Crippen LogP contribution in [0.2, 0.25) is 0 Å². The van der Waals surface area contributed by atoms with Crippen LogP contribution in [0.4, 0.5) is 0 Å². The molecule has 0 saturated heterocycles. The van der Waals surface area contributed by atoms with E-state index in [0.29, 0.717) is 6.54 Å². The maximum absolute atomic E-state index is 5.61. The third kappa shape index (κ3) is 1.21. The molecule has 2 rings (SSSR count). The summed E-state index contributed by atoms with van der Waals surface area (Å²) in [7, 11) is 0. The molecule has 2 N–H and O–H groups in total. The van der Waals surface area contributed by atoms with Crippen molar-refractivity contribution in [1.82, 2.24) is 9.55 Å². The van der Waals surface area contributed by atoms with E-state index in [1.165, 1.54) is 5.52 Å². The van der Waals surface area contributed by atoms with Crippen molar-refractivity contribution in [3.05, 3.63) is 30.1 Å². The van der Waals surface area contributed by atoms with Gasteiger partial charge in [0.05, 0.1) is 17.6 Å². The number of hydrogen-bond acceptors (Lipinski definition) is 2. The molecule has 0 saturated carbocycles. The topological polar surface area (TPSA) is 43.8 Å². The lowest BCUT2D eigenvalue weighted by Gasteiger charge is -2.02. The van der Waals surface area contributed by atoms with Crippen LogP contribution in [0, 0.1) is 0 Å². The van der Waals surface area contributed by atoms with Crippen LogP contribution in [-0.4, -0.2) is 9.55 Å². The van der Waals surface area contributed by atoms with Gasteiger partial charge < -0.3 is 10.3 Å². The average Bonchev–Trinajstić information content (AvgIpc) is 2.55. The first-order chi connectivity index (χ1) is 6.36. The Hall–Kier alpha value is -1.35. The number of nitrogens with zero attached hydrogens (tertiary/aromatic N) is 2. The number of fused-ring (bicyclic) bond motifs is 1. The van der Waals surface area contributed by atoms with Crippen LogP contribution < -0.4 is 5.73 Å². The van der Waals surface area contributed by atoms with E-state index in [2.05, 4.69) is 22.5 Å². The molecule has 0 aliphatic carbocycles. The van der Waals surface area contributed by atoms with Crippen LogP contribution in [0.25, 0.3) is 11.0 Å². The van der Waals surface area contributed by atoms with E-state index in [4.69, 9.17) is 5.73 Å². The Morgan fingerprint density at radius 3 is 2.85 bits per heavy atom. The summed E-state index contributed by atoms with van der Waals surface area (Å²) in [5.41, 5.74) is 7.81. The molecule has 0 unspecified atom stereocenters. The van der Waals surface area contributed by atoms with Crippen molar-refractivity contribution in [3.63, 3.8) is 0 Å². The normalized spacial score (nSPS) is 10.9. The molecule has 1 aromatic carbocycles. The molecule has 1 aromatic heterocycles. The molecule has 0 amide bonds. The van der Waals surface area contributed by atoms with E-state index in [-0.39, 0.29) is 0 Å². The van der Waals surface area contributed by atoms with Gasteiger partial charge in [-0.25, -0.2) is 4.98 Å². The number of nitrogens with two attached hydrogens (primary N) is 1. The zero-order chi connectivity index (χ0) is 9.26. The second-order valence-electron chi connectivity index (χ2n) is 2.97. The van der Waals surface area contributed by atoms with E-state index in [0.717, 1.165) is 17.9 Å². The van der Waals surface area contributed by atoms with Gasteiger partial charge in [-0.3, -0.25) is 0 Å². The Kier molecular flexibility index (Phi) is 2.02. The van der Waals surface area contributed by atoms with Gasteiger partial charge in [-0.15, -0.1) is 0 Å². The summed E-state index contributed by atoms with van der Waals surface area (Å²) in [5, 5.41) is 0. The van der Waals surface area contributed by atoms with Crippen LogP contribution in [-0.2, 0) is 13.1 Å². The molecule has 0 spiro atoms. The maximum Gasteiger partial charge on any atom is 0.123 e. The molecule has 0 fully saturated rings. The van der Waals surface area contributed by atoms with Gasteiger partial charge in [0.25, 0.3) is 0 Å². The van der Waals surface area contributed by atoms with E-state index in [1.54, 1.807) is 0 Å². The summed E-state index contributed by atoms with van der Waals surface area (Å²) in [6.45, 7) is 3.53. The number of para-hydroxylation sites is 2. The third-order valence-corrected chi connectivity index (χ3v) is 2.23. The summed E-state index contributed by atoms with van der Waals surface area (Å²) in [5.74, 6) is 0.962. The zero-order valence-corrected chi connectivity index (χ0v) is 7.70. The van der Waals surface area contributed by atoms with Crippen molar-refractivity contribution in [3.8, 4) is 0 Å². The molecule has 0 atom stereocenters. The Labute approximate surface area is 77.2 Å². The average molecular weight is 175 g/mol. The van der Waals surface area contributed by atoms with Crippen molar-refractivity contribution in [2.24, 2.45) is 5.73 Å². The third-order valence-electron chi connectivity index (χ3n) is 2.23. The molecule has 13 heavy (non-hydrogen) atoms. The second-order valence-corrected chi connectivity index (χ2v) is 2.97. The first-order valence-corrected chi connectivity index (χ1v) is 4.51. The van der Waals surface area contributed by atoms with Gasteiger partial charge >= 0.3 is 0 Å². The van der Waals surface area contributed by atoms with Gasteiger partial charge in [0, 0.05) is 6.54 Å². The minimum absolute atomic E-state index is 0.503. The van der Waals surface area contributed by atoms with Gasteiger partial charge in [0.2, 0.25) is 0 Å². The van der Waals surface area contributed by atoms with Crippen LogP contribution in [0.5, 0.6) is 0 Å². The predicted molar refractivity (Wildman–Crippen MR) is 53.3 cm³/mol. The summed E-state index contributed by atoms with van der Waals surface area (Å²) in [6.07, 6.45) is 0. The second kappa shape index (κ2) is 3.18. The van der Waals surface area contributed by atoms with Gasteiger partial charge in [0.1, 0.15) is 5.82 Å². The summed E-state index contributed by atoms with van der Waals surface area (Å²) in [4.78, 5) is 4.44. The van der Waals surface area contributed by atoms with Crippen molar-refractivity contribution < 1.29 is 0 Å². The highest BCUT2D eigenvalue weighted by molar-refractivity contribution is 5.75. The molecule has 2 aromatic rings. The molecular formula is C10H13N3. The van der Waals surface area contributed by atoms with E-state index >= 15 is 0 Å². The van der Waals surface area contributed by atoms with Crippen LogP contribution in [0.1, 0.15) is 12.7 Å². The standard InChI is InChI=1S/C10H13N3/c1-2-13-9-6-4-3-5-8(9)12-10(13)7-11/h3-6H,2,7,11H2,1H3. The first-order valence-electron chi connectivity index (χ1n) is 4.51. The molecule has 0 bridgehead atoms. The Morgan fingerprint density at radius 1 is 1.38 bits per heavy atom. The van der Waals surface area contributed by atoms with Crippen LogP contribution in [0.15, 0.2) is 24.3 Å². The number of hydrogen-bond donors (Lipinski definition) is 1. The molecule has 0 aliphatic heterocycles. The molecule has 68 valence electrons. The molecule has 3 nitrogen and oxygen atoms in total. The van der Waals surface area contributed by atoms with Crippen LogP contribution >= 0.6 is 0 Å². The van der Waals surface area contributed by atoms with Crippen molar-refractivity contribution in [1.29, 1.82) is 0 Å². The minimum atomic E-state index is 0.503. The van der Waals surface area contributed by atoms with Gasteiger partial charge in [-0.2, -0.15) is 0 Å². The molecule has 1 heterocycles. The molecule has 0 aliphatic rings.